The Balaban J connectivity index is 1.90. The van der Waals surface area contributed by atoms with Crippen molar-refractivity contribution in [2.24, 2.45) is 0 Å². The lowest BCUT2D eigenvalue weighted by molar-refractivity contribution is 0.104. The molecule has 35 heavy (non-hydrogen) atoms. The zero-order valence-corrected chi connectivity index (χ0v) is 20.5. The molecule has 3 aromatic rings. The molecule has 0 heterocycles. The second-order valence-electron chi connectivity index (χ2n) is 7.21. The van der Waals surface area contributed by atoms with Crippen molar-refractivity contribution in [3.05, 3.63) is 88.3 Å². The highest BCUT2D eigenvalue weighted by Gasteiger charge is 2.13. The van der Waals surface area contributed by atoms with Crippen LogP contribution in [0.3, 0.4) is 0 Å². The highest BCUT2D eigenvalue weighted by atomic mass is 35.5. The lowest BCUT2D eigenvalue weighted by Crippen LogP contribution is -1.98. The fraction of sp³-hybridized carbons (Fsp3) is 0.148. The van der Waals surface area contributed by atoms with Crippen LogP contribution in [0, 0.1) is 5.82 Å². The molecule has 0 aliphatic carbocycles. The van der Waals surface area contributed by atoms with Gasteiger partial charge in [-0.25, -0.2) is 4.39 Å². The Kier molecular flexibility index (Phi) is 8.75. The number of carbonyl (C=O) groups is 1. The smallest absolute Gasteiger partial charge is 0.203 e. The fourth-order valence-electron chi connectivity index (χ4n) is 3.29. The molecule has 0 aliphatic rings. The first-order chi connectivity index (χ1) is 16.9. The van der Waals surface area contributed by atoms with Crippen LogP contribution in [0.4, 0.5) is 10.1 Å². The maximum absolute atomic E-state index is 14.5. The van der Waals surface area contributed by atoms with Gasteiger partial charge in [0.25, 0.3) is 0 Å². The molecular weight excluding hydrogens is 473 g/mol. The summed E-state index contributed by atoms with van der Waals surface area (Å²) < 4.78 is 35.7. The third-order valence-electron chi connectivity index (χ3n) is 5.07. The number of allylic oxidation sites excluding steroid dienone is 1. The molecule has 0 amide bonds. The zero-order valence-electron chi connectivity index (χ0n) is 19.7. The topological polar surface area (TPSA) is 66.0 Å². The minimum Gasteiger partial charge on any atom is -0.494 e. The Morgan fingerprint density at radius 3 is 2.06 bits per heavy atom. The number of rotatable bonds is 10. The van der Waals surface area contributed by atoms with Crippen LogP contribution in [0.1, 0.15) is 21.5 Å². The molecule has 0 radical (unpaired) electrons. The van der Waals surface area contributed by atoms with Crippen molar-refractivity contribution >= 4 is 35.2 Å². The van der Waals surface area contributed by atoms with Crippen molar-refractivity contribution in [2.45, 2.75) is 0 Å². The number of hydrogen-bond donors (Lipinski definition) is 1. The van der Waals surface area contributed by atoms with E-state index in [1.54, 1.807) is 48.6 Å². The van der Waals surface area contributed by atoms with Gasteiger partial charge in [-0.05, 0) is 48.0 Å². The van der Waals surface area contributed by atoms with Gasteiger partial charge in [0.1, 0.15) is 0 Å². The number of anilines is 1. The van der Waals surface area contributed by atoms with Gasteiger partial charge in [0.15, 0.2) is 28.8 Å². The lowest BCUT2D eigenvalue weighted by atomic mass is 10.1. The molecule has 182 valence electrons. The van der Waals surface area contributed by atoms with Crippen LogP contribution in [-0.2, 0) is 0 Å². The molecule has 0 aliphatic heterocycles. The van der Waals surface area contributed by atoms with Gasteiger partial charge in [-0.1, -0.05) is 23.8 Å². The summed E-state index contributed by atoms with van der Waals surface area (Å²) in [5, 5.41) is 3.58. The van der Waals surface area contributed by atoms with E-state index >= 15 is 0 Å². The van der Waals surface area contributed by atoms with Gasteiger partial charge in [-0.3, -0.25) is 4.79 Å². The Hall–Kier alpha value is -3.97. The number of halogens is 2. The molecule has 0 saturated carbocycles. The molecular formula is C27H25ClFNO5. The van der Waals surface area contributed by atoms with Crippen molar-refractivity contribution in [2.75, 3.05) is 33.8 Å². The number of nitrogens with one attached hydrogen (secondary N) is 1. The standard InChI is InChI=1S/C27H25ClFNO5/c1-32-24-16-22(30-12-11-23(31)18-7-9-20(28)10-8-18)19(15-21(24)29)6-5-17-13-25(33-2)27(35-4)26(14-17)34-3/h5-16,30H,1-4H3/b6-5-,12-11+. The quantitative estimate of drug-likeness (QED) is 0.196. The number of hydrogen-bond acceptors (Lipinski definition) is 6. The van der Waals surface area contributed by atoms with Crippen LogP contribution in [0.2, 0.25) is 5.02 Å². The van der Waals surface area contributed by atoms with E-state index in [0.29, 0.717) is 39.1 Å². The summed E-state index contributed by atoms with van der Waals surface area (Å²) in [4.78, 5) is 12.4. The van der Waals surface area contributed by atoms with Gasteiger partial charge < -0.3 is 24.3 Å². The van der Waals surface area contributed by atoms with E-state index in [-0.39, 0.29) is 11.5 Å². The summed E-state index contributed by atoms with van der Waals surface area (Å²) in [6.45, 7) is 0. The fourth-order valence-corrected chi connectivity index (χ4v) is 3.42. The molecule has 0 saturated heterocycles. The summed E-state index contributed by atoms with van der Waals surface area (Å²) in [7, 11) is 5.97. The third-order valence-corrected chi connectivity index (χ3v) is 5.32. The first-order valence-corrected chi connectivity index (χ1v) is 10.9. The Labute approximate surface area is 208 Å². The number of ether oxygens (including phenoxy) is 4. The monoisotopic (exact) mass is 497 g/mol. The summed E-state index contributed by atoms with van der Waals surface area (Å²) in [6.07, 6.45) is 6.37. The van der Waals surface area contributed by atoms with E-state index in [2.05, 4.69) is 5.32 Å². The predicted octanol–water partition coefficient (Wildman–Crippen LogP) is 6.49. The minimum atomic E-state index is -0.524. The Bertz CT molecular complexity index is 1230. The molecule has 0 spiro atoms. The van der Waals surface area contributed by atoms with Crippen LogP contribution in [-0.4, -0.2) is 34.2 Å². The van der Waals surface area contributed by atoms with Crippen molar-refractivity contribution in [1.82, 2.24) is 0 Å². The highest BCUT2D eigenvalue weighted by Crippen LogP contribution is 2.39. The van der Waals surface area contributed by atoms with E-state index in [1.165, 1.54) is 52.8 Å². The van der Waals surface area contributed by atoms with Crippen LogP contribution < -0.4 is 24.3 Å². The molecule has 0 unspecified atom stereocenters. The Morgan fingerprint density at radius 1 is 0.857 bits per heavy atom. The molecule has 0 atom stereocenters. The SMILES string of the molecule is COc1cc(N/C=C/C(=O)c2ccc(Cl)cc2)c(/C=C\c2cc(OC)c(OC)c(OC)c2)cc1F. The molecule has 8 heteroatoms. The minimum absolute atomic E-state index is 0.0647. The number of methoxy groups -OCH3 is 4. The van der Waals surface area contributed by atoms with Crippen molar-refractivity contribution in [3.8, 4) is 23.0 Å². The predicted molar refractivity (Wildman–Crippen MR) is 137 cm³/mol. The largest absolute Gasteiger partial charge is 0.494 e. The van der Waals surface area contributed by atoms with Crippen molar-refractivity contribution in [3.63, 3.8) is 0 Å². The molecule has 0 fully saturated rings. The van der Waals surface area contributed by atoms with Crippen molar-refractivity contribution in [1.29, 1.82) is 0 Å². The molecule has 3 rings (SSSR count). The van der Waals surface area contributed by atoms with Crippen LogP contribution in [0.5, 0.6) is 23.0 Å². The second-order valence-corrected chi connectivity index (χ2v) is 7.65. The first-order valence-electron chi connectivity index (χ1n) is 10.5. The zero-order chi connectivity index (χ0) is 25.4. The average molecular weight is 498 g/mol. The van der Waals surface area contributed by atoms with E-state index in [1.807, 2.05) is 0 Å². The van der Waals surface area contributed by atoms with E-state index in [9.17, 15) is 9.18 Å². The summed E-state index contributed by atoms with van der Waals surface area (Å²) >= 11 is 5.87. The number of ketones is 1. The lowest BCUT2D eigenvalue weighted by Gasteiger charge is -2.13. The van der Waals surface area contributed by atoms with Crippen molar-refractivity contribution < 1.29 is 28.1 Å². The third kappa shape index (κ3) is 6.33. The van der Waals surface area contributed by atoms with Gasteiger partial charge >= 0.3 is 0 Å². The highest BCUT2D eigenvalue weighted by molar-refractivity contribution is 6.30. The van der Waals surface area contributed by atoms with E-state index in [0.717, 1.165) is 5.56 Å². The van der Waals surface area contributed by atoms with Gasteiger partial charge in [0, 0.05) is 40.2 Å². The average Bonchev–Trinajstić information content (AvgIpc) is 2.87. The molecule has 0 bridgehead atoms. The molecule has 0 aromatic heterocycles. The van der Waals surface area contributed by atoms with Gasteiger partial charge in [-0.15, -0.1) is 0 Å². The van der Waals surface area contributed by atoms with Gasteiger partial charge in [0.05, 0.1) is 28.4 Å². The summed E-state index contributed by atoms with van der Waals surface area (Å²) in [5.74, 6) is 0.792. The summed E-state index contributed by atoms with van der Waals surface area (Å²) in [6, 6.07) is 13.0. The summed E-state index contributed by atoms with van der Waals surface area (Å²) in [5.41, 5.74) is 2.30. The maximum atomic E-state index is 14.5. The second kappa shape index (κ2) is 11.9. The van der Waals surface area contributed by atoms with Crippen LogP contribution in [0.25, 0.3) is 12.2 Å². The van der Waals surface area contributed by atoms with Crippen LogP contribution in [0.15, 0.2) is 60.8 Å². The normalized spacial score (nSPS) is 11.0. The van der Waals surface area contributed by atoms with Gasteiger partial charge in [-0.2, -0.15) is 0 Å². The van der Waals surface area contributed by atoms with Gasteiger partial charge in [0.2, 0.25) is 5.75 Å². The molecule has 3 aromatic carbocycles. The van der Waals surface area contributed by atoms with E-state index in [4.69, 9.17) is 30.5 Å². The molecule has 6 nitrogen and oxygen atoms in total. The van der Waals surface area contributed by atoms with Crippen LogP contribution >= 0.6 is 11.6 Å². The van der Waals surface area contributed by atoms with E-state index < -0.39 is 5.82 Å². The number of carbonyl (C=O) groups excluding carboxylic acids is 1. The number of benzene rings is 3. The maximum Gasteiger partial charge on any atom is 0.203 e. The Morgan fingerprint density at radius 2 is 1.49 bits per heavy atom. The first kappa shape index (κ1) is 25.6. The molecule has 1 N–H and O–H groups in total.